The highest BCUT2D eigenvalue weighted by Crippen LogP contribution is 2.29. The predicted octanol–water partition coefficient (Wildman–Crippen LogP) is 4.62. The summed E-state index contributed by atoms with van der Waals surface area (Å²) in [5.41, 5.74) is 1.81. The monoisotopic (exact) mass is 483 g/mol. The fourth-order valence-corrected chi connectivity index (χ4v) is 5.27. The third kappa shape index (κ3) is 4.19. The highest BCUT2D eigenvalue weighted by atomic mass is 35.5. The van der Waals surface area contributed by atoms with E-state index in [-0.39, 0.29) is 11.8 Å². The number of nitrogens with one attached hydrogen (secondary N) is 1. The maximum Gasteiger partial charge on any atom is 0.265 e. The largest absolute Gasteiger partial charge is 0.344 e. The number of anilines is 2. The van der Waals surface area contributed by atoms with E-state index >= 15 is 0 Å². The molecular formula is C22H18ClN5O2S2. The molecule has 0 unspecified atom stereocenters. The number of benzene rings is 1. The Morgan fingerprint density at radius 1 is 1.06 bits per heavy atom. The first-order valence-electron chi connectivity index (χ1n) is 9.99. The molecule has 0 atom stereocenters. The van der Waals surface area contributed by atoms with Gasteiger partial charge in [0.1, 0.15) is 10.3 Å². The Kier molecular flexibility index (Phi) is 5.77. The van der Waals surface area contributed by atoms with Crippen LogP contribution in [0.15, 0.2) is 54.0 Å². The summed E-state index contributed by atoms with van der Waals surface area (Å²) in [6.45, 7) is 2.56. The summed E-state index contributed by atoms with van der Waals surface area (Å²) in [4.78, 5) is 40.0. The summed E-state index contributed by atoms with van der Waals surface area (Å²) in [6, 6.07) is 12.4. The van der Waals surface area contributed by atoms with Crippen molar-refractivity contribution in [3.63, 3.8) is 0 Å². The minimum Gasteiger partial charge on any atom is -0.344 e. The molecule has 1 fully saturated rings. The van der Waals surface area contributed by atoms with Crippen molar-refractivity contribution >= 4 is 67.3 Å². The average Bonchev–Trinajstić information content (AvgIpc) is 3.50. The van der Waals surface area contributed by atoms with E-state index in [0.717, 1.165) is 15.5 Å². The van der Waals surface area contributed by atoms with Gasteiger partial charge in [0.2, 0.25) is 0 Å². The molecule has 1 aliphatic heterocycles. The van der Waals surface area contributed by atoms with E-state index in [1.165, 1.54) is 11.3 Å². The number of carbonyl (C=O) groups excluding carboxylic acids is 2. The Morgan fingerprint density at radius 2 is 1.91 bits per heavy atom. The number of pyridine rings is 1. The molecule has 10 heteroatoms. The Bertz CT molecular complexity index is 1250. The lowest BCUT2D eigenvalue weighted by molar-refractivity contribution is 0.0746. The van der Waals surface area contributed by atoms with Gasteiger partial charge in [-0.3, -0.25) is 9.59 Å². The Labute approximate surface area is 197 Å². The van der Waals surface area contributed by atoms with Gasteiger partial charge in [0.05, 0.1) is 15.6 Å². The number of rotatable bonds is 4. The van der Waals surface area contributed by atoms with Crippen LogP contribution in [-0.2, 0) is 0 Å². The molecule has 1 N–H and O–H groups in total. The summed E-state index contributed by atoms with van der Waals surface area (Å²) in [6.07, 6.45) is 1.77. The van der Waals surface area contributed by atoms with Gasteiger partial charge in [0.15, 0.2) is 5.13 Å². The molecule has 2 amide bonds. The van der Waals surface area contributed by atoms with Crippen LogP contribution in [-0.4, -0.2) is 52.9 Å². The van der Waals surface area contributed by atoms with E-state index in [0.29, 0.717) is 47.3 Å². The quantitative estimate of drug-likeness (QED) is 0.458. The van der Waals surface area contributed by atoms with Gasteiger partial charge in [-0.1, -0.05) is 29.0 Å². The van der Waals surface area contributed by atoms with E-state index < -0.39 is 0 Å². The molecule has 1 aliphatic rings. The van der Waals surface area contributed by atoms with Crippen LogP contribution in [0.25, 0.3) is 10.3 Å². The summed E-state index contributed by atoms with van der Waals surface area (Å²) in [5, 5.41) is 5.95. The lowest BCUT2D eigenvalue weighted by Crippen LogP contribution is -2.48. The smallest absolute Gasteiger partial charge is 0.265 e. The van der Waals surface area contributed by atoms with E-state index in [1.807, 2.05) is 28.5 Å². The van der Waals surface area contributed by atoms with Gasteiger partial charge in [-0.25, -0.2) is 9.97 Å². The molecule has 162 valence electrons. The van der Waals surface area contributed by atoms with Crippen LogP contribution < -0.4 is 10.2 Å². The zero-order valence-corrected chi connectivity index (χ0v) is 19.2. The molecule has 4 heterocycles. The molecule has 0 spiro atoms. The number of thiophene rings is 1. The van der Waals surface area contributed by atoms with Crippen molar-refractivity contribution in [3.8, 4) is 0 Å². The Hall–Kier alpha value is -3.01. The van der Waals surface area contributed by atoms with Crippen LogP contribution in [0.2, 0.25) is 5.02 Å². The fourth-order valence-electron chi connectivity index (χ4n) is 3.52. The minimum absolute atomic E-state index is 0.0843. The highest BCUT2D eigenvalue weighted by Gasteiger charge is 2.25. The van der Waals surface area contributed by atoms with Gasteiger partial charge >= 0.3 is 0 Å². The van der Waals surface area contributed by atoms with Gasteiger partial charge in [-0.2, -0.15) is 0 Å². The van der Waals surface area contributed by atoms with Crippen LogP contribution in [0.5, 0.6) is 0 Å². The number of carbonyl (C=O) groups is 2. The van der Waals surface area contributed by atoms with Crippen molar-refractivity contribution in [2.45, 2.75) is 0 Å². The number of halogens is 1. The zero-order valence-electron chi connectivity index (χ0n) is 16.8. The third-order valence-corrected chi connectivity index (χ3v) is 7.44. The molecule has 5 rings (SSSR count). The van der Waals surface area contributed by atoms with E-state index in [1.54, 1.807) is 41.8 Å². The fraction of sp³-hybridized carbons (Fsp3) is 0.182. The number of hydrogen-bond acceptors (Lipinski definition) is 7. The number of piperazine rings is 1. The molecule has 3 aromatic heterocycles. The average molecular weight is 484 g/mol. The van der Waals surface area contributed by atoms with Crippen molar-refractivity contribution in [2.24, 2.45) is 0 Å². The van der Waals surface area contributed by atoms with Gasteiger partial charge in [0, 0.05) is 37.9 Å². The molecule has 0 saturated carbocycles. The molecular weight excluding hydrogens is 466 g/mol. The lowest BCUT2D eigenvalue weighted by Gasteiger charge is -2.34. The van der Waals surface area contributed by atoms with Crippen LogP contribution in [0, 0.1) is 0 Å². The summed E-state index contributed by atoms with van der Waals surface area (Å²) >= 11 is 9.17. The van der Waals surface area contributed by atoms with Gasteiger partial charge < -0.3 is 15.1 Å². The van der Waals surface area contributed by atoms with E-state index in [2.05, 4.69) is 20.2 Å². The highest BCUT2D eigenvalue weighted by molar-refractivity contribution is 7.21. The second-order valence-electron chi connectivity index (χ2n) is 7.23. The predicted molar refractivity (Wildman–Crippen MR) is 129 cm³/mol. The second kappa shape index (κ2) is 8.85. The first-order valence-corrected chi connectivity index (χ1v) is 12.1. The van der Waals surface area contributed by atoms with E-state index in [4.69, 9.17) is 11.6 Å². The number of nitrogens with zero attached hydrogens (tertiary/aromatic N) is 4. The second-order valence-corrected chi connectivity index (χ2v) is 9.54. The third-order valence-electron chi connectivity index (χ3n) is 5.20. The first-order chi connectivity index (χ1) is 15.6. The van der Waals surface area contributed by atoms with E-state index in [9.17, 15) is 9.59 Å². The molecule has 1 saturated heterocycles. The first kappa shape index (κ1) is 20.9. The summed E-state index contributed by atoms with van der Waals surface area (Å²) in [5.74, 6) is -0.329. The Balaban J connectivity index is 1.26. The molecule has 7 nitrogen and oxygen atoms in total. The van der Waals surface area contributed by atoms with Crippen molar-refractivity contribution in [3.05, 3.63) is 69.5 Å². The number of hydrogen-bond donors (Lipinski definition) is 1. The molecule has 0 aliphatic carbocycles. The van der Waals surface area contributed by atoms with Crippen LogP contribution >= 0.6 is 34.3 Å². The van der Waals surface area contributed by atoms with Crippen LogP contribution in [0.4, 0.5) is 10.8 Å². The van der Waals surface area contributed by atoms with Crippen LogP contribution in [0.3, 0.4) is 0 Å². The number of fused-ring (bicyclic) bond motifs is 1. The standard InChI is InChI=1S/C22H18ClN5O2S2/c23-15-6-5-14(13-17(15)25-19(29)18-4-2-12-31-18)21(30)27-8-10-28(11-9-27)22-26-16-3-1-7-24-20(16)32-22/h1-7,12-13H,8-11H2,(H,25,29). The molecule has 0 bridgehead atoms. The normalized spacial score (nSPS) is 14.0. The summed E-state index contributed by atoms with van der Waals surface area (Å²) < 4.78 is 0. The number of amides is 2. The number of thiazole rings is 1. The van der Waals surface area contributed by atoms with Gasteiger partial charge in [0.25, 0.3) is 11.8 Å². The van der Waals surface area contributed by atoms with Gasteiger partial charge in [-0.05, 0) is 41.8 Å². The van der Waals surface area contributed by atoms with Crippen molar-refractivity contribution in [1.82, 2.24) is 14.9 Å². The molecule has 1 aromatic carbocycles. The SMILES string of the molecule is O=C(Nc1cc(C(=O)N2CCN(c3nc4cccnc4s3)CC2)ccc1Cl)c1cccs1. The topological polar surface area (TPSA) is 78.4 Å². The Morgan fingerprint density at radius 3 is 2.66 bits per heavy atom. The molecule has 4 aromatic rings. The molecule has 0 radical (unpaired) electrons. The van der Waals surface area contributed by atoms with Crippen molar-refractivity contribution in [2.75, 3.05) is 36.4 Å². The maximum atomic E-state index is 13.1. The zero-order chi connectivity index (χ0) is 22.1. The maximum absolute atomic E-state index is 13.1. The number of aromatic nitrogens is 2. The lowest BCUT2D eigenvalue weighted by atomic mass is 10.1. The van der Waals surface area contributed by atoms with Crippen LogP contribution in [0.1, 0.15) is 20.0 Å². The minimum atomic E-state index is -0.245. The van der Waals surface area contributed by atoms with Crippen molar-refractivity contribution < 1.29 is 9.59 Å². The summed E-state index contributed by atoms with van der Waals surface area (Å²) in [7, 11) is 0. The van der Waals surface area contributed by atoms with Crippen molar-refractivity contribution in [1.29, 1.82) is 0 Å². The molecule has 32 heavy (non-hydrogen) atoms. The van der Waals surface area contributed by atoms with Gasteiger partial charge in [-0.15, -0.1) is 11.3 Å².